The second kappa shape index (κ2) is 9.68. The van der Waals surface area contributed by atoms with Gasteiger partial charge in [-0.25, -0.2) is 0 Å². The summed E-state index contributed by atoms with van der Waals surface area (Å²) in [4.78, 5) is 15.1. The van der Waals surface area contributed by atoms with Crippen LogP contribution in [0.1, 0.15) is 11.5 Å². The van der Waals surface area contributed by atoms with Gasteiger partial charge >= 0.3 is 0 Å². The summed E-state index contributed by atoms with van der Waals surface area (Å²) in [5, 5.41) is 10.7. The first kappa shape index (κ1) is 20.3. The molecule has 2 heterocycles. The van der Waals surface area contributed by atoms with Crippen molar-refractivity contribution in [1.82, 2.24) is 15.1 Å². The minimum absolute atomic E-state index is 0.114. The maximum Gasteiger partial charge on any atom is 0.261 e. The van der Waals surface area contributed by atoms with Crippen LogP contribution >= 0.6 is 22.9 Å². The average molecular weight is 422 g/mol. The van der Waals surface area contributed by atoms with E-state index in [4.69, 9.17) is 25.5 Å². The second-order valence-electron chi connectivity index (χ2n) is 5.99. The summed E-state index contributed by atoms with van der Waals surface area (Å²) in [5.41, 5.74) is 0.884. The van der Waals surface area contributed by atoms with Gasteiger partial charge in [0.1, 0.15) is 5.75 Å². The van der Waals surface area contributed by atoms with E-state index >= 15 is 0 Å². The lowest BCUT2D eigenvalue weighted by Gasteiger charge is -2.20. The van der Waals surface area contributed by atoms with Gasteiger partial charge in [0, 0.05) is 18.7 Å². The summed E-state index contributed by atoms with van der Waals surface area (Å²) < 4.78 is 16.4. The van der Waals surface area contributed by atoms with Crippen molar-refractivity contribution in [2.45, 2.75) is 13.5 Å². The molecule has 0 atom stereocenters. The van der Waals surface area contributed by atoms with Crippen molar-refractivity contribution in [3.63, 3.8) is 0 Å². The van der Waals surface area contributed by atoms with Crippen LogP contribution in [0.5, 0.6) is 5.75 Å². The van der Waals surface area contributed by atoms with Crippen LogP contribution in [0.3, 0.4) is 0 Å². The molecule has 1 aromatic carbocycles. The summed E-state index contributed by atoms with van der Waals surface area (Å²) in [5.74, 6) is 1.17. The van der Waals surface area contributed by atoms with Crippen LogP contribution in [0.25, 0.3) is 10.8 Å². The molecule has 0 N–H and O–H groups in total. The number of amides is 1. The number of aromatic nitrogens is 2. The number of halogens is 1. The number of hydrogen-bond donors (Lipinski definition) is 0. The van der Waals surface area contributed by atoms with E-state index in [0.717, 1.165) is 10.4 Å². The van der Waals surface area contributed by atoms with Crippen molar-refractivity contribution in [1.29, 1.82) is 0 Å². The fourth-order valence-corrected chi connectivity index (χ4v) is 3.18. The monoisotopic (exact) mass is 421 g/mol. The van der Waals surface area contributed by atoms with E-state index in [1.165, 1.54) is 11.3 Å². The van der Waals surface area contributed by atoms with E-state index in [2.05, 4.69) is 10.2 Å². The lowest BCUT2D eigenvalue weighted by molar-refractivity contribution is -0.135. The molecule has 0 aliphatic heterocycles. The van der Waals surface area contributed by atoms with Crippen molar-refractivity contribution >= 4 is 28.8 Å². The molecule has 148 valence electrons. The number of benzene rings is 1. The van der Waals surface area contributed by atoms with Crippen molar-refractivity contribution < 1.29 is 18.7 Å². The Balaban J connectivity index is 1.63. The molecule has 0 aliphatic carbocycles. The van der Waals surface area contributed by atoms with E-state index in [1.54, 1.807) is 30.2 Å². The van der Waals surface area contributed by atoms with Gasteiger partial charge in [0.15, 0.2) is 6.61 Å². The van der Waals surface area contributed by atoms with Crippen LogP contribution < -0.4 is 4.74 Å². The highest BCUT2D eigenvalue weighted by Crippen LogP contribution is 2.23. The van der Waals surface area contributed by atoms with Gasteiger partial charge in [0.2, 0.25) is 5.89 Å². The molecule has 0 aliphatic rings. The Morgan fingerprint density at radius 1 is 1.32 bits per heavy atom. The Kier molecular flexibility index (Phi) is 7.02. The zero-order valence-electron chi connectivity index (χ0n) is 15.6. The molecule has 0 bridgehead atoms. The van der Waals surface area contributed by atoms with Crippen LogP contribution in [-0.2, 0) is 16.1 Å². The Morgan fingerprint density at radius 2 is 2.18 bits per heavy atom. The molecule has 2 aromatic heterocycles. The van der Waals surface area contributed by atoms with E-state index in [-0.39, 0.29) is 19.1 Å². The van der Waals surface area contributed by atoms with Gasteiger partial charge in [-0.1, -0.05) is 17.7 Å². The molecule has 28 heavy (non-hydrogen) atoms. The topological polar surface area (TPSA) is 77.7 Å². The van der Waals surface area contributed by atoms with Gasteiger partial charge < -0.3 is 18.8 Å². The lowest BCUT2D eigenvalue weighted by Crippen LogP contribution is -2.37. The quantitative estimate of drug-likeness (QED) is 0.522. The SMILES string of the molecule is COCCN(Cc1nnc(-c2cccs2)o1)C(=O)COc1ccc(Cl)c(C)c1. The molecule has 3 aromatic rings. The summed E-state index contributed by atoms with van der Waals surface area (Å²) in [6.07, 6.45) is 0. The molecule has 0 spiro atoms. The largest absolute Gasteiger partial charge is 0.484 e. The van der Waals surface area contributed by atoms with Gasteiger partial charge in [-0.3, -0.25) is 4.79 Å². The van der Waals surface area contributed by atoms with Gasteiger partial charge in [0.25, 0.3) is 11.8 Å². The number of thiophene rings is 1. The second-order valence-corrected chi connectivity index (χ2v) is 7.34. The number of ether oxygens (including phenoxy) is 2. The first-order chi connectivity index (χ1) is 13.6. The van der Waals surface area contributed by atoms with Crippen molar-refractivity contribution in [3.8, 4) is 16.5 Å². The minimum Gasteiger partial charge on any atom is -0.484 e. The Morgan fingerprint density at radius 3 is 2.89 bits per heavy atom. The standard InChI is InChI=1S/C19H20ClN3O4S/c1-13-10-14(5-6-15(13)20)26-12-18(24)23(7-8-25-2)11-17-21-22-19(27-17)16-4-3-9-28-16/h3-6,9-10H,7-8,11-12H2,1-2H3. The zero-order chi connectivity index (χ0) is 19.9. The summed E-state index contributed by atoms with van der Waals surface area (Å²) >= 11 is 7.52. The van der Waals surface area contributed by atoms with Crippen LogP contribution in [0.15, 0.2) is 40.1 Å². The third-order valence-corrected chi connectivity index (χ3v) is 5.22. The molecule has 0 fully saturated rings. The van der Waals surface area contributed by atoms with Crippen LogP contribution in [0.2, 0.25) is 5.02 Å². The lowest BCUT2D eigenvalue weighted by atomic mass is 10.2. The average Bonchev–Trinajstić information content (AvgIpc) is 3.37. The first-order valence-electron chi connectivity index (χ1n) is 8.58. The highest BCUT2D eigenvalue weighted by molar-refractivity contribution is 7.13. The molecule has 3 rings (SSSR count). The molecule has 0 saturated carbocycles. The molecule has 7 nitrogen and oxygen atoms in total. The highest BCUT2D eigenvalue weighted by atomic mass is 35.5. The number of aryl methyl sites for hydroxylation is 1. The summed E-state index contributed by atoms with van der Waals surface area (Å²) in [7, 11) is 1.58. The van der Waals surface area contributed by atoms with E-state index < -0.39 is 0 Å². The maximum absolute atomic E-state index is 12.6. The number of carbonyl (C=O) groups is 1. The van der Waals surface area contributed by atoms with Crippen molar-refractivity contribution in [2.24, 2.45) is 0 Å². The molecular weight excluding hydrogens is 402 g/mol. The predicted octanol–water partition coefficient (Wildman–Crippen LogP) is 3.81. The Hall–Kier alpha value is -2.42. The smallest absolute Gasteiger partial charge is 0.261 e. The molecule has 0 radical (unpaired) electrons. The van der Waals surface area contributed by atoms with Crippen molar-refractivity contribution in [3.05, 3.63) is 52.2 Å². The van der Waals surface area contributed by atoms with E-state index in [1.807, 2.05) is 24.4 Å². The predicted molar refractivity (Wildman–Crippen MR) is 107 cm³/mol. The van der Waals surface area contributed by atoms with Crippen LogP contribution in [0.4, 0.5) is 0 Å². The highest BCUT2D eigenvalue weighted by Gasteiger charge is 2.19. The van der Waals surface area contributed by atoms with E-state index in [0.29, 0.717) is 35.7 Å². The van der Waals surface area contributed by atoms with Crippen molar-refractivity contribution in [2.75, 3.05) is 26.9 Å². The van der Waals surface area contributed by atoms with Gasteiger partial charge in [0.05, 0.1) is 18.0 Å². The number of methoxy groups -OCH3 is 1. The fraction of sp³-hybridized carbons (Fsp3) is 0.316. The molecular formula is C19H20ClN3O4S. The number of carbonyl (C=O) groups excluding carboxylic acids is 1. The first-order valence-corrected chi connectivity index (χ1v) is 9.84. The third-order valence-electron chi connectivity index (χ3n) is 3.93. The normalized spacial score (nSPS) is 10.8. The fourth-order valence-electron chi connectivity index (χ4n) is 2.42. The number of nitrogens with zero attached hydrogens (tertiary/aromatic N) is 3. The third kappa shape index (κ3) is 5.31. The Bertz CT molecular complexity index is 914. The van der Waals surface area contributed by atoms with E-state index in [9.17, 15) is 4.79 Å². The van der Waals surface area contributed by atoms with Gasteiger partial charge in [-0.2, -0.15) is 0 Å². The molecule has 0 unspecified atom stereocenters. The summed E-state index contributed by atoms with van der Waals surface area (Å²) in [6, 6.07) is 9.07. The number of hydrogen-bond acceptors (Lipinski definition) is 7. The minimum atomic E-state index is -0.208. The zero-order valence-corrected chi connectivity index (χ0v) is 17.1. The Labute approximate surface area is 171 Å². The van der Waals surface area contributed by atoms with Crippen LogP contribution in [0, 0.1) is 6.92 Å². The maximum atomic E-state index is 12.6. The van der Waals surface area contributed by atoms with Gasteiger partial charge in [-0.15, -0.1) is 21.5 Å². The number of rotatable bonds is 9. The molecule has 9 heteroatoms. The molecule has 0 saturated heterocycles. The van der Waals surface area contributed by atoms with Crippen LogP contribution in [-0.4, -0.2) is 47.9 Å². The molecule has 1 amide bonds. The summed E-state index contributed by atoms with van der Waals surface area (Å²) in [6.45, 7) is 2.72. The van der Waals surface area contributed by atoms with Gasteiger partial charge in [-0.05, 0) is 42.1 Å².